The van der Waals surface area contributed by atoms with Crippen LogP contribution in [0.25, 0.3) is 10.8 Å². The van der Waals surface area contributed by atoms with Gasteiger partial charge in [-0.1, -0.05) is 22.0 Å². The second-order valence-corrected chi connectivity index (χ2v) is 5.79. The summed E-state index contributed by atoms with van der Waals surface area (Å²) in [5.74, 6) is 0.321. The summed E-state index contributed by atoms with van der Waals surface area (Å²) < 4.78 is 1.04. The van der Waals surface area contributed by atoms with Gasteiger partial charge in [-0.05, 0) is 54.3 Å². The van der Waals surface area contributed by atoms with Crippen molar-refractivity contribution in [2.45, 2.75) is 24.8 Å². The standard InChI is InChI=1S/C14H14BrNO/c15-11-3-2-9-8-13(17)12(7-10(9)6-11)14(16)4-1-5-14/h2-3,6-8,17H,1,4-5,16H2. The van der Waals surface area contributed by atoms with Crippen LogP contribution in [0.4, 0.5) is 0 Å². The number of aromatic hydroxyl groups is 1. The summed E-state index contributed by atoms with van der Waals surface area (Å²) in [7, 11) is 0. The van der Waals surface area contributed by atoms with E-state index >= 15 is 0 Å². The molecule has 0 spiro atoms. The second-order valence-electron chi connectivity index (χ2n) is 4.87. The van der Waals surface area contributed by atoms with Gasteiger partial charge >= 0.3 is 0 Å². The molecule has 0 aliphatic heterocycles. The lowest BCUT2D eigenvalue weighted by Crippen LogP contribution is -2.43. The summed E-state index contributed by atoms with van der Waals surface area (Å²) in [5, 5.41) is 12.2. The molecule has 17 heavy (non-hydrogen) atoms. The quantitative estimate of drug-likeness (QED) is 0.842. The number of rotatable bonds is 1. The molecule has 1 saturated carbocycles. The van der Waals surface area contributed by atoms with Crippen molar-refractivity contribution < 1.29 is 5.11 Å². The van der Waals surface area contributed by atoms with Crippen molar-refractivity contribution in [3.63, 3.8) is 0 Å². The monoisotopic (exact) mass is 291 g/mol. The minimum absolute atomic E-state index is 0.319. The van der Waals surface area contributed by atoms with Crippen molar-refractivity contribution >= 4 is 26.7 Å². The number of hydrogen-bond donors (Lipinski definition) is 2. The summed E-state index contributed by atoms with van der Waals surface area (Å²) in [6.45, 7) is 0. The van der Waals surface area contributed by atoms with E-state index in [1.54, 1.807) is 0 Å². The van der Waals surface area contributed by atoms with Crippen molar-refractivity contribution in [2.75, 3.05) is 0 Å². The first-order valence-electron chi connectivity index (χ1n) is 5.80. The summed E-state index contributed by atoms with van der Waals surface area (Å²) in [5.41, 5.74) is 6.85. The fourth-order valence-electron chi connectivity index (χ4n) is 2.48. The summed E-state index contributed by atoms with van der Waals surface area (Å²) in [6.07, 6.45) is 3.06. The van der Waals surface area contributed by atoms with Crippen molar-refractivity contribution in [3.8, 4) is 5.75 Å². The third-order valence-corrected chi connectivity index (χ3v) is 4.19. The van der Waals surface area contributed by atoms with E-state index < -0.39 is 0 Å². The van der Waals surface area contributed by atoms with E-state index in [2.05, 4.69) is 22.0 Å². The van der Waals surface area contributed by atoms with Gasteiger partial charge in [0.1, 0.15) is 5.75 Å². The number of phenols is 1. The van der Waals surface area contributed by atoms with Crippen LogP contribution in [0.3, 0.4) is 0 Å². The fraction of sp³-hybridized carbons (Fsp3) is 0.286. The number of halogens is 1. The summed E-state index contributed by atoms with van der Waals surface area (Å²) in [6, 6.07) is 9.86. The smallest absolute Gasteiger partial charge is 0.121 e. The first kappa shape index (κ1) is 11.1. The van der Waals surface area contributed by atoms with Gasteiger partial charge in [0.25, 0.3) is 0 Å². The predicted octanol–water partition coefficient (Wildman–Crippen LogP) is 3.65. The molecule has 0 heterocycles. The molecular weight excluding hydrogens is 278 g/mol. The zero-order valence-corrected chi connectivity index (χ0v) is 11.0. The SMILES string of the molecule is NC1(c2cc3cc(Br)ccc3cc2O)CCC1. The van der Waals surface area contributed by atoms with Crippen molar-refractivity contribution in [3.05, 3.63) is 40.4 Å². The molecule has 2 aromatic carbocycles. The second kappa shape index (κ2) is 3.72. The normalized spacial score (nSPS) is 18.0. The van der Waals surface area contributed by atoms with Crippen LogP contribution in [-0.2, 0) is 5.54 Å². The molecular formula is C14H14BrNO. The van der Waals surface area contributed by atoms with Crippen molar-refractivity contribution in [1.29, 1.82) is 0 Å². The highest BCUT2D eigenvalue weighted by Gasteiger charge is 2.36. The lowest BCUT2D eigenvalue weighted by atomic mass is 9.72. The van der Waals surface area contributed by atoms with Gasteiger partial charge in [-0.25, -0.2) is 0 Å². The van der Waals surface area contributed by atoms with Crippen LogP contribution in [0.1, 0.15) is 24.8 Å². The number of benzene rings is 2. The van der Waals surface area contributed by atoms with Gasteiger partial charge in [-0.3, -0.25) is 0 Å². The summed E-state index contributed by atoms with van der Waals surface area (Å²) in [4.78, 5) is 0. The van der Waals surface area contributed by atoms with Crippen LogP contribution in [0, 0.1) is 0 Å². The van der Waals surface area contributed by atoms with Gasteiger partial charge in [0, 0.05) is 15.6 Å². The lowest BCUT2D eigenvalue weighted by Gasteiger charge is -2.39. The lowest BCUT2D eigenvalue weighted by molar-refractivity contribution is 0.246. The zero-order valence-electron chi connectivity index (χ0n) is 9.41. The number of fused-ring (bicyclic) bond motifs is 1. The minimum atomic E-state index is -0.319. The van der Waals surface area contributed by atoms with Gasteiger partial charge in [-0.15, -0.1) is 0 Å². The average molecular weight is 292 g/mol. The molecule has 3 N–H and O–H groups in total. The molecule has 0 amide bonds. The predicted molar refractivity (Wildman–Crippen MR) is 73.0 cm³/mol. The Kier molecular flexibility index (Phi) is 2.42. The Morgan fingerprint density at radius 3 is 2.53 bits per heavy atom. The number of phenolic OH excluding ortho intramolecular Hbond substituents is 1. The maximum atomic E-state index is 10.1. The van der Waals surface area contributed by atoms with Crippen molar-refractivity contribution in [1.82, 2.24) is 0 Å². The fourth-order valence-corrected chi connectivity index (χ4v) is 2.86. The first-order chi connectivity index (χ1) is 8.08. The molecule has 0 saturated heterocycles. The van der Waals surface area contributed by atoms with Gasteiger partial charge in [0.05, 0.1) is 0 Å². The Bertz CT molecular complexity index is 590. The number of nitrogens with two attached hydrogens (primary N) is 1. The molecule has 3 heteroatoms. The van der Waals surface area contributed by atoms with E-state index in [1.807, 2.05) is 24.3 Å². The Morgan fingerprint density at radius 1 is 1.12 bits per heavy atom. The summed E-state index contributed by atoms with van der Waals surface area (Å²) >= 11 is 3.46. The molecule has 1 aliphatic rings. The average Bonchev–Trinajstić information content (AvgIpc) is 2.26. The van der Waals surface area contributed by atoms with Gasteiger partial charge in [-0.2, -0.15) is 0 Å². The maximum absolute atomic E-state index is 10.1. The molecule has 88 valence electrons. The van der Waals surface area contributed by atoms with Crippen LogP contribution in [0.2, 0.25) is 0 Å². The molecule has 0 atom stereocenters. The van der Waals surface area contributed by atoms with Crippen molar-refractivity contribution in [2.24, 2.45) is 5.73 Å². The van der Waals surface area contributed by atoms with Gasteiger partial charge < -0.3 is 10.8 Å². The molecule has 0 radical (unpaired) electrons. The highest BCUT2D eigenvalue weighted by Crippen LogP contribution is 2.43. The maximum Gasteiger partial charge on any atom is 0.121 e. The van der Waals surface area contributed by atoms with E-state index in [0.717, 1.165) is 40.1 Å². The van der Waals surface area contributed by atoms with Crippen LogP contribution in [-0.4, -0.2) is 5.11 Å². The Labute approximate surface area is 109 Å². The topological polar surface area (TPSA) is 46.2 Å². The minimum Gasteiger partial charge on any atom is -0.508 e. The van der Waals surface area contributed by atoms with E-state index in [4.69, 9.17) is 5.73 Å². The number of hydrogen-bond acceptors (Lipinski definition) is 2. The molecule has 1 aliphatic carbocycles. The third-order valence-electron chi connectivity index (χ3n) is 3.70. The molecule has 0 aromatic heterocycles. The highest BCUT2D eigenvalue weighted by molar-refractivity contribution is 9.10. The van der Waals surface area contributed by atoms with Gasteiger partial charge in [0.2, 0.25) is 0 Å². The zero-order chi connectivity index (χ0) is 12.0. The van der Waals surface area contributed by atoms with E-state index in [9.17, 15) is 5.11 Å². The Balaban J connectivity index is 2.22. The van der Waals surface area contributed by atoms with Crippen LogP contribution < -0.4 is 5.73 Å². The largest absolute Gasteiger partial charge is 0.508 e. The third kappa shape index (κ3) is 1.74. The van der Waals surface area contributed by atoms with Crippen LogP contribution >= 0.6 is 15.9 Å². The van der Waals surface area contributed by atoms with E-state index in [0.29, 0.717) is 5.75 Å². The highest BCUT2D eigenvalue weighted by atomic mass is 79.9. The molecule has 0 bridgehead atoms. The van der Waals surface area contributed by atoms with Gasteiger partial charge in [0.15, 0.2) is 0 Å². The Morgan fingerprint density at radius 2 is 1.88 bits per heavy atom. The molecule has 2 nitrogen and oxygen atoms in total. The van der Waals surface area contributed by atoms with Crippen LogP contribution in [0.5, 0.6) is 5.75 Å². The van der Waals surface area contributed by atoms with E-state index in [1.165, 1.54) is 0 Å². The molecule has 1 fully saturated rings. The molecule has 3 rings (SSSR count). The van der Waals surface area contributed by atoms with E-state index in [-0.39, 0.29) is 5.54 Å². The molecule has 2 aromatic rings. The molecule has 0 unspecified atom stereocenters. The van der Waals surface area contributed by atoms with Crippen LogP contribution in [0.15, 0.2) is 34.8 Å². The first-order valence-corrected chi connectivity index (χ1v) is 6.59. The Hall–Kier alpha value is -1.06.